The first-order valence-corrected chi connectivity index (χ1v) is 4.06. The van der Waals surface area contributed by atoms with Crippen LogP contribution in [0.4, 0.5) is 0 Å². The van der Waals surface area contributed by atoms with Gasteiger partial charge in [0.2, 0.25) is 0 Å². The molecule has 0 aliphatic heterocycles. The van der Waals surface area contributed by atoms with E-state index in [1.807, 2.05) is 6.08 Å². The van der Waals surface area contributed by atoms with Gasteiger partial charge in [0.1, 0.15) is 0 Å². The zero-order valence-electron chi connectivity index (χ0n) is 7.65. The van der Waals surface area contributed by atoms with Crippen molar-refractivity contribution in [2.75, 3.05) is 0 Å². The Bertz CT molecular complexity index is 230. The van der Waals surface area contributed by atoms with Crippen molar-refractivity contribution in [3.63, 3.8) is 0 Å². The summed E-state index contributed by atoms with van der Waals surface area (Å²) in [6, 6.07) is 0. The van der Waals surface area contributed by atoms with Crippen LogP contribution < -0.4 is 0 Å². The average molecular weight is 148 g/mol. The minimum absolute atomic E-state index is 0.198. The van der Waals surface area contributed by atoms with Crippen molar-refractivity contribution in [2.24, 2.45) is 5.41 Å². The van der Waals surface area contributed by atoms with Crippen LogP contribution in [0.25, 0.3) is 0 Å². The van der Waals surface area contributed by atoms with E-state index in [1.54, 1.807) is 0 Å². The highest BCUT2D eigenvalue weighted by atomic mass is 14.2. The Morgan fingerprint density at radius 3 is 2.64 bits per heavy atom. The predicted octanol–water partition coefficient (Wildman–Crippen LogP) is 3.48. The van der Waals surface area contributed by atoms with Gasteiger partial charge in [-0.15, -0.1) is 6.58 Å². The van der Waals surface area contributed by atoms with Gasteiger partial charge in [-0.2, -0.15) is 0 Å². The van der Waals surface area contributed by atoms with Crippen LogP contribution in [0.2, 0.25) is 0 Å². The van der Waals surface area contributed by atoms with E-state index in [-0.39, 0.29) is 5.41 Å². The number of hydrogen-bond donors (Lipinski definition) is 0. The molecule has 0 heteroatoms. The summed E-state index contributed by atoms with van der Waals surface area (Å²) in [5.41, 5.74) is 3.09. The van der Waals surface area contributed by atoms with Crippen molar-refractivity contribution in [1.82, 2.24) is 0 Å². The van der Waals surface area contributed by atoms with Crippen molar-refractivity contribution in [3.05, 3.63) is 36.0 Å². The summed E-state index contributed by atoms with van der Waals surface area (Å²) in [5.74, 6) is 0. The zero-order valence-corrected chi connectivity index (χ0v) is 7.65. The third-order valence-corrected chi connectivity index (χ3v) is 2.50. The molecule has 0 bridgehead atoms. The summed E-state index contributed by atoms with van der Waals surface area (Å²) < 4.78 is 0. The van der Waals surface area contributed by atoms with Crippen LogP contribution in [0, 0.1) is 5.41 Å². The van der Waals surface area contributed by atoms with E-state index in [2.05, 4.69) is 39.5 Å². The Morgan fingerprint density at radius 2 is 2.18 bits per heavy atom. The Kier molecular flexibility index (Phi) is 2.03. The van der Waals surface area contributed by atoms with Gasteiger partial charge in [-0.25, -0.2) is 0 Å². The maximum atomic E-state index is 3.84. The lowest BCUT2D eigenvalue weighted by molar-refractivity contribution is 0.536. The van der Waals surface area contributed by atoms with Crippen LogP contribution in [0.15, 0.2) is 36.0 Å². The molecule has 0 fully saturated rings. The van der Waals surface area contributed by atoms with Crippen molar-refractivity contribution >= 4 is 0 Å². The maximum Gasteiger partial charge on any atom is 0.00704 e. The first-order valence-electron chi connectivity index (χ1n) is 4.06. The van der Waals surface area contributed by atoms with Crippen LogP contribution >= 0.6 is 0 Å². The van der Waals surface area contributed by atoms with E-state index in [9.17, 15) is 0 Å². The van der Waals surface area contributed by atoms with Crippen LogP contribution in [0.1, 0.15) is 27.2 Å². The van der Waals surface area contributed by atoms with Crippen LogP contribution in [-0.4, -0.2) is 0 Å². The molecular formula is C11H16. The molecule has 0 saturated heterocycles. The second kappa shape index (κ2) is 2.69. The van der Waals surface area contributed by atoms with E-state index in [4.69, 9.17) is 0 Å². The highest BCUT2D eigenvalue weighted by molar-refractivity contribution is 5.32. The van der Waals surface area contributed by atoms with Crippen LogP contribution in [-0.2, 0) is 0 Å². The highest BCUT2D eigenvalue weighted by Gasteiger charge is 2.20. The summed E-state index contributed by atoms with van der Waals surface area (Å²) in [6.45, 7) is 10.4. The van der Waals surface area contributed by atoms with Gasteiger partial charge in [0.25, 0.3) is 0 Å². The summed E-state index contributed by atoms with van der Waals surface area (Å²) in [4.78, 5) is 0. The largest absolute Gasteiger partial charge is 0.102 e. The van der Waals surface area contributed by atoms with E-state index in [0.29, 0.717) is 0 Å². The quantitative estimate of drug-likeness (QED) is 0.499. The fourth-order valence-electron chi connectivity index (χ4n) is 1.37. The fourth-order valence-corrected chi connectivity index (χ4v) is 1.37. The smallest absolute Gasteiger partial charge is 0.00704 e. The SMILES string of the molecule is C=CC1(C)C=CC(C)=C(C)C1. The molecule has 1 atom stereocenters. The molecule has 0 saturated carbocycles. The molecule has 0 radical (unpaired) electrons. The van der Waals surface area contributed by atoms with E-state index < -0.39 is 0 Å². The number of allylic oxidation sites excluding steroid dienone is 5. The molecule has 0 N–H and O–H groups in total. The predicted molar refractivity (Wildman–Crippen MR) is 50.4 cm³/mol. The van der Waals surface area contributed by atoms with E-state index >= 15 is 0 Å². The summed E-state index contributed by atoms with van der Waals surface area (Å²) in [7, 11) is 0. The number of hydrogen-bond acceptors (Lipinski definition) is 0. The standard InChI is InChI=1S/C11H16/c1-5-11(4)7-6-9(2)10(3)8-11/h5-7H,1,8H2,2-4H3. The first-order chi connectivity index (χ1) is 5.07. The minimum Gasteiger partial charge on any atom is -0.102 e. The van der Waals surface area contributed by atoms with Gasteiger partial charge >= 0.3 is 0 Å². The molecule has 1 aliphatic rings. The lowest BCUT2D eigenvalue weighted by Gasteiger charge is -2.26. The average Bonchev–Trinajstić information content (AvgIpc) is 1.98. The maximum absolute atomic E-state index is 3.84. The topological polar surface area (TPSA) is 0 Å². The molecule has 0 nitrogen and oxygen atoms in total. The molecule has 60 valence electrons. The van der Waals surface area contributed by atoms with Crippen LogP contribution in [0.5, 0.6) is 0 Å². The Labute approximate surface area is 69.3 Å². The van der Waals surface area contributed by atoms with Crippen molar-refractivity contribution in [2.45, 2.75) is 27.2 Å². The molecule has 0 heterocycles. The second-order valence-electron chi connectivity index (χ2n) is 3.68. The van der Waals surface area contributed by atoms with Crippen molar-refractivity contribution < 1.29 is 0 Å². The van der Waals surface area contributed by atoms with E-state index in [0.717, 1.165) is 6.42 Å². The van der Waals surface area contributed by atoms with Crippen LogP contribution in [0.3, 0.4) is 0 Å². The Hall–Kier alpha value is -0.780. The van der Waals surface area contributed by atoms with E-state index in [1.165, 1.54) is 11.1 Å². The molecule has 0 aromatic heterocycles. The zero-order chi connectivity index (χ0) is 8.48. The molecule has 1 rings (SSSR count). The number of rotatable bonds is 1. The first kappa shape index (κ1) is 8.32. The summed E-state index contributed by atoms with van der Waals surface area (Å²) >= 11 is 0. The van der Waals surface area contributed by atoms with Gasteiger partial charge in [0.15, 0.2) is 0 Å². The highest BCUT2D eigenvalue weighted by Crippen LogP contribution is 2.34. The Balaban J connectivity index is 2.90. The second-order valence-corrected chi connectivity index (χ2v) is 3.68. The van der Waals surface area contributed by atoms with Gasteiger partial charge in [-0.1, -0.05) is 36.3 Å². The van der Waals surface area contributed by atoms with Crippen molar-refractivity contribution in [3.8, 4) is 0 Å². The molecule has 1 unspecified atom stereocenters. The van der Waals surface area contributed by atoms with Gasteiger partial charge in [0.05, 0.1) is 0 Å². The summed E-state index contributed by atoms with van der Waals surface area (Å²) in [5, 5.41) is 0. The Morgan fingerprint density at radius 1 is 1.55 bits per heavy atom. The molecular weight excluding hydrogens is 132 g/mol. The third-order valence-electron chi connectivity index (χ3n) is 2.50. The molecule has 0 amide bonds. The third kappa shape index (κ3) is 1.62. The summed E-state index contributed by atoms with van der Waals surface area (Å²) in [6.07, 6.45) is 7.58. The molecule has 1 aliphatic carbocycles. The lowest BCUT2D eigenvalue weighted by atomic mass is 9.79. The fraction of sp³-hybridized carbons (Fsp3) is 0.455. The molecule has 0 aromatic carbocycles. The van der Waals surface area contributed by atoms with Crippen molar-refractivity contribution in [1.29, 1.82) is 0 Å². The van der Waals surface area contributed by atoms with Gasteiger partial charge in [0, 0.05) is 5.41 Å². The molecule has 0 aromatic rings. The minimum atomic E-state index is 0.198. The van der Waals surface area contributed by atoms with Gasteiger partial charge in [-0.3, -0.25) is 0 Å². The van der Waals surface area contributed by atoms with Gasteiger partial charge < -0.3 is 0 Å². The lowest BCUT2D eigenvalue weighted by Crippen LogP contribution is -2.13. The molecule has 0 spiro atoms. The molecule has 11 heavy (non-hydrogen) atoms. The normalized spacial score (nSPS) is 30.8. The van der Waals surface area contributed by atoms with Gasteiger partial charge in [-0.05, 0) is 20.3 Å². The monoisotopic (exact) mass is 148 g/mol.